The monoisotopic (exact) mass is 327 g/mol. The van der Waals surface area contributed by atoms with Gasteiger partial charge >= 0.3 is 0 Å². The second kappa shape index (κ2) is 6.97. The number of rotatable bonds is 5. The summed E-state index contributed by atoms with van der Waals surface area (Å²) in [5.74, 6) is -1.10. The lowest BCUT2D eigenvalue weighted by molar-refractivity contribution is 0.0915. The molecule has 1 amide bonds. The predicted octanol–water partition coefficient (Wildman–Crippen LogP) is 1.26. The first-order valence-corrected chi connectivity index (χ1v) is 7.18. The van der Waals surface area contributed by atoms with Crippen molar-refractivity contribution >= 4 is 5.91 Å². The SMILES string of the molecule is O=C(NC(CO)c1ccccc1)c1cc(F)ccc1-n1cnnn1. The zero-order chi connectivity index (χ0) is 16.9. The normalized spacial score (nSPS) is 11.9. The Kier molecular flexibility index (Phi) is 4.57. The standard InChI is InChI=1S/C16H14FN5O2/c17-12-6-7-15(22-10-18-20-21-22)13(8-12)16(24)19-14(9-23)11-4-2-1-3-5-11/h1-8,10,14,23H,9H2,(H,19,24). The van der Waals surface area contributed by atoms with Crippen molar-refractivity contribution in [3.05, 3.63) is 71.8 Å². The first-order valence-electron chi connectivity index (χ1n) is 7.18. The van der Waals surface area contributed by atoms with Crippen molar-refractivity contribution < 1.29 is 14.3 Å². The summed E-state index contributed by atoms with van der Waals surface area (Å²) in [6.07, 6.45) is 1.31. The highest BCUT2D eigenvalue weighted by Crippen LogP contribution is 2.18. The maximum Gasteiger partial charge on any atom is 0.254 e. The second-order valence-corrected chi connectivity index (χ2v) is 5.04. The van der Waals surface area contributed by atoms with Crippen molar-refractivity contribution in [1.29, 1.82) is 0 Å². The van der Waals surface area contributed by atoms with Crippen LogP contribution in [0.2, 0.25) is 0 Å². The van der Waals surface area contributed by atoms with E-state index in [9.17, 15) is 14.3 Å². The van der Waals surface area contributed by atoms with Crippen LogP contribution >= 0.6 is 0 Å². The first-order chi connectivity index (χ1) is 11.7. The molecule has 2 N–H and O–H groups in total. The van der Waals surface area contributed by atoms with E-state index in [1.54, 1.807) is 24.3 Å². The number of benzene rings is 2. The molecule has 0 fully saturated rings. The molecule has 1 aromatic heterocycles. The number of nitrogens with zero attached hydrogens (tertiary/aromatic N) is 4. The summed E-state index contributed by atoms with van der Waals surface area (Å²) in [5.41, 5.74) is 1.15. The number of aliphatic hydroxyl groups is 1. The van der Waals surface area contributed by atoms with Gasteiger partial charge in [-0.05, 0) is 34.2 Å². The highest BCUT2D eigenvalue weighted by atomic mass is 19.1. The quantitative estimate of drug-likeness (QED) is 0.736. The minimum absolute atomic E-state index is 0.0664. The van der Waals surface area contributed by atoms with Crippen molar-refractivity contribution in [2.24, 2.45) is 0 Å². The van der Waals surface area contributed by atoms with Crippen LogP contribution in [0.3, 0.4) is 0 Å². The number of aromatic nitrogens is 4. The molecule has 3 rings (SSSR count). The van der Waals surface area contributed by atoms with Gasteiger partial charge in [-0.15, -0.1) is 5.10 Å². The van der Waals surface area contributed by atoms with E-state index in [4.69, 9.17) is 0 Å². The number of hydrogen-bond donors (Lipinski definition) is 2. The van der Waals surface area contributed by atoms with Crippen molar-refractivity contribution in [3.8, 4) is 5.69 Å². The van der Waals surface area contributed by atoms with Crippen LogP contribution in [0.4, 0.5) is 4.39 Å². The Labute approximate surface area is 136 Å². The fourth-order valence-electron chi connectivity index (χ4n) is 2.32. The fraction of sp³-hybridized carbons (Fsp3) is 0.125. The van der Waals surface area contributed by atoms with Crippen LogP contribution in [0, 0.1) is 5.82 Å². The van der Waals surface area contributed by atoms with E-state index >= 15 is 0 Å². The van der Waals surface area contributed by atoms with Crippen LogP contribution in [0.15, 0.2) is 54.9 Å². The maximum absolute atomic E-state index is 13.6. The first kappa shape index (κ1) is 15.8. The summed E-state index contributed by atoms with van der Waals surface area (Å²) in [4.78, 5) is 12.6. The predicted molar refractivity (Wildman–Crippen MR) is 82.8 cm³/mol. The average molecular weight is 327 g/mol. The van der Waals surface area contributed by atoms with Gasteiger partial charge in [0.05, 0.1) is 23.9 Å². The summed E-state index contributed by atoms with van der Waals surface area (Å²) in [7, 11) is 0. The van der Waals surface area contributed by atoms with Crippen LogP contribution in [-0.4, -0.2) is 37.8 Å². The van der Waals surface area contributed by atoms with E-state index in [2.05, 4.69) is 20.8 Å². The van der Waals surface area contributed by atoms with E-state index in [-0.39, 0.29) is 12.2 Å². The van der Waals surface area contributed by atoms with Gasteiger partial charge in [-0.3, -0.25) is 4.79 Å². The van der Waals surface area contributed by atoms with Crippen molar-refractivity contribution in [1.82, 2.24) is 25.5 Å². The number of tetrazole rings is 1. The molecule has 7 nitrogen and oxygen atoms in total. The zero-order valence-corrected chi connectivity index (χ0v) is 12.5. The van der Waals surface area contributed by atoms with E-state index < -0.39 is 17.8 Å². The van der Waals surface area contributed by atoms with Gasteiger partial charge in [-0.1, -0.05) is 30.3 Å². The molecular weight excluding hydrogens is 313 g/mol. The maximum atomic E-state index is 13.6. The number of carbonyl (C=O) groups excluding carboxylic acids is 1. The minimum atomic E-state index is -0.608. The molecule has 8 heteroatoms. The molecule has 1 atom stereocenters. The van der Waals surface area contributed by atoms with Gasteiger partial charge in [-0.25, -0.2) is 4.39 Å². The molecule has 1 unspecified atom stereocenters. The Morgan fingerprint density at radius 1 is 1.25 bits per heavy atom. The zero-order valence-electron chi connectivity index (χ0n) is 12.5. The Hall–Kier alpha value is -3.13. The van der Waals surface area contributed by atoms with E-state index in [1.165, 1.54) is 23.1 Å². The Bertz CT molecular complexity index is 824. The summed E-state index contributed by atoms with van der Waals surface area (Å²) in [5, 5.41) is 23.0. The van der Waals surface area contributed by atoms with Gasteiger partial charge in [-0.2, -0.15) is 4.68 Å². The lowest BCUT2D eigenvalue weighted by Crippen LogP contribution is -2.31. The third kappa shape index (κ3) is 3.28. The van der Waals surface area contributed by atoms with Crippen LogP contribution in [0.25, 0.3) is 5.69 Å². The minimum Gasteiger partial charge on any atom is -0.394 e. The van der Waals surface area contributed by atoms with Gasteiger partial charge in [0.15, 0.2) is 0 Å². The lowest BCUT2D eigenvalue weighted by atomic mass is 10.1. The third-order valence-electron chi connectivity index (χ3n) is 3.49. The largest absolute Gasteiger partial charge is 0.394 e. The smallest absolute Gasteiger partial charge is 0.254 e. The summed E-state index contributed by atoms with van der Waals surface area (Å²) in [6, 6.07) is 12.1. The van der Waals surface area contributed by atoms with E-state index in [1.807, 2.05) is 6.07 Å². The average Bonchev–Trinajstić information content (AvgIpc) is 3.14. The van der Waals surface area contributed by atoms with Crippen LogP contribution in [-0.2, 0) is 0 Å². The summed E-state index contributed by atoms with van der Waals surface area (Å²) in [6.45, 7) is -0.286. The van der Waals surface area contributed by atoms with Gasteiger partial charge in [0.25, 0.3) is 5.91 Å². The number of hydrogen-bond acceptors (Lipinski definition) is 5. The number of aliphatic hydroxyl groups excluding tert-OH is 1. The number of amides is 1. The summed E-state index contributed by atoms with van der Waals surface area (Å²) >= 11 is 0. The molecule has 0 saturated carbocycles. The van der Waals surface area contributed by atoms with Crippen LogP contribution in [0.5, 0.6) is 0 Å². The van der Waals surface area contributed by atoms with Gasteiger partial charge in [0, 0.05) is 0 Å². The highest BCUT2D eigenvalue weighted by Gasteiger charge is 2.19. The molecule has 1 heterocycles. The molecule has 122 valence electrons. The number of nitrogens with one attached hydrogen (secondary N) is 1. The van der Waals surface area contributed by atoms with Crippen LogP contribution in [0.1, 0.15) is 22.0 Å². The Morgan fingerprint density at radius 2 is 2.04 bits per heavy atom. The van der Waals surface area contributed by atoms with Crippen molar-refractivity contribution in [2.45, 2.75) is 6.04 Å². The lowest BCUT2D eigenvalue weighted by Gasteiger charge is -2.18. The van der Waals surface area contributed by atoms with Crippen molar-refractivity contribution in [3.63, 3.8) is 0 Å². The topological polar surface area (TPSA) is 92.9 Å². The van der Waals surface area contributed by atoms with Crippen LogP contribution < -0.4 is 5.32 Å². The number of carbonyl (C=O) groups is 1. The molecule has 0 aliphatic rings. The van der Waals surface area contributed by atoms with Crippen molar-refractivity contribution in [2.75, 3.05) is 6.61 Å². The molecule has 0 aliphatic heterocycles. The van der Waals surface area contributed by atoms with Gasteiger partial charge in [0.2, 0.25) is 0 Å². The molecular formula is C16H14FN5O2. The highest BCUT2D eigenvalue weighted by molar-refractivity contribution is 5.98. The molecule has 2 aromatic carbocycles. The second-order valence-electron chi connectivity index (χ2n) is 5.04. The molecule has 0 spiro atoms. The summed E-state index contributed by atoms with van der Waals surface area (Å²) < 4.78 is 14.9. The molecule has 3 aromatic rings. The van der Waals surface area contributed by atoms with Gasteiger partial charge < -0.3 is 10.4 Å². The molecule has 0 aliphatic carbocycles. The Balaban J connectivity index is 1.91. The van der Waals surface area contributed by atoms with E-state index in [0.717, 1.165) is 11.6 Å². The van der Waals surface area contributed by atoms with Gasteiger partial charge in [0.1, 0.15) is 12.1 Å². The molecule has 0 radical (unpaired) electrons. The Morgan fingerprint density at radius 3 is 2.71 bits per heavy atom. The third-order valence-corrected chi connectivity index (χ3v) is 3.49. The molecule has 24 heavy (non-hydrogen) atoms. The molecule has 0 saturated heterocycles. The fourth-order valence-corrected chi connectivity index (χ4v) is 2.32. The molecule has 0 bridgehead atoms. The number of halogens is 1. The van der Waals surface area contributed by atoms with E-state index in [0.29, 0.717) is 5.69 Å².